The molecule has 0 bridgehead atoms. The molecular weight excluding hydrogens is 256 g/mol. The first-order valence-corrected chi connectivity index (χ1v) is 6.81. The minimum absolute atomic E-state index is 0.777. The first kappa shape index (κ1) is 12.2. The average molecular weight is 271 g/mol. The first-order valence-electron chi connectivity index (χ1n) is 6.43. The molecule has 0 radical (unpaired) electrons. The van der Waals surface area contributed by atoms with E-state index in [2.05, 4.69) is 41.4 Å². The van der Waals surface area contributed by atoms with Crippen molar-refractivity contribution in [1.29, 1.82) is 0 Å². The number of hydrazone groups is 1. The molecule has 1 aliphatic rings. The highest BCUT2D eigenvalue weighted by Gasteiger charge is 2.15. The summed E-state index contributed by atoms with van der Waals surface area (Å²) in [5, 5.41) is 7.59. The minimum Gasteiger partial charge on any atom is -0.292 e. The van der Waals surface area contributed by atoms with Gasteiger partial charge in [0.1, 0.15) is 0 Å². The van der Waals surface area contributed by atoms with E-state index in [4.69, 9.17) is 16.7 Å². The molecule has 0 amide bonds. The van der Waals surface area contributed by atoms with Gasteiger partial charge in [0.25, 0.3) is 0 Å². The van der Waals surface area contributed by atoms with Gasteiger partial charge in [0, 0.05) is 18.0 Å². The molecule has 1 aliphatic heterocycles. The highest BCUT2D eigenvalue weighted by molar-refractivity contribution is 6.30. The number of halogens is 1. The van der Waals surface area contributed by atoms with Crippen LogP contribution in [0.4, 0.5) is 0 Å². The molecule has 3 rings (SSSR count). The van der Waals surface area contributed by atoms with E-state index < -0.39 is 0 Å². The third kappa shape index (κ3) is 2.96. The molecule has 0 saturated carbocycles. The Hall–Kier alpha value is -1.80. The Bertz CT molecular complexity index is 575. The maximum atomic E-state index is 5.89. The number of nitrogens with zero attached hydrogens (tertiary/aromatic N) is 2. The smallest absolute Gasteiger partial charge is 0.0696 e. The number of hydrogen-bond donors (Lipinski definition) is 0. The van der Waals surface area contributed by atoms with Crippen molar-refractivity contribution in [2.45, 2.75) is 13.0 Å². The maximum absolute atomic E-state index is 5.89. The van der Waals surface area contributed by atoms with Gasteiger partial charge in [0.15, 0.2) is 0 Å². The number of hydrogen-bond acceptors (Lipinski definition) is 2. The summed E-state index contributed by atoms with van der Waals surface area (Å²) in [5.74, 6) is 0. The molecule has 0 atom stereocenters. The van der Waals surface area contributed by atoms with E-state index in [0.29, 0.717) is 0 Å². The van der Waals surface area contributed by atoms with E-state index in [0.717, 1.165) is 24.5 Å². The molecule has 1 heterocycles. The Kier molecular flexibility index (Phi) is 3.51. The van der Waals surface area contributed by atoms with E-state index in [1.165, 1.54) is 16.8 Å². The monoisotopic (exact) mass is 270 g/mol. The highest BCUT2D eigenvalue weighted by Crippen LogP contribution is 2.17. The van der Waals surface area contributed by atoms with Gasteiger partial charge in [-0.3, -0.25) is 5.01 Å². The summed E-state index contributed by atoms with van der Waals surface area (Å²) in [6, 6.07) is 18.3. The number of rotatable bonds is 3. The van der Waals surface area contributed by atoms with E-state index in [1.54, 1.807) is 0 Å². The van der Waals surface area contributed by atoms with Crippen molar-refractivity contribution in [3.05, 3.63) is 70.7 Å². The zero-order valence-electron chi connectivity index (χ0n) is 10.6. The fraction of sp³-hybridized carbons (Fsp3) is 0.188. The van der Waals surface area contributed by atoms with E-state index in [-0.39, 0.29) is 0 Å². The molecule has 19 heavy (non-hydrogen) atoms. The molecule has 0 fully saturated rings. The molecule has 0 N–H and O–H groups in total. The summed E-state index contributed by atoms with van der Waals surface area (Å²) in [4.78, 5) is 0. The average Bonchev–Trinajstić information content (AvgIpc) is 2.91. The normalized spacial score (nSPS) is 14.6. The van der Waals surface area contributed by atoms with Gasteiger partial charge in [-0.05, 0) is 23.3 Å². The second kappa shape index (κ2) is 5.45. The van der Waals surface area contributed by atoms with Gasteiger partial charge in [-0.1, -0.05) is 54.1 Å². The Morgan fingerprint density at radius 3 is 2.47 bits per heavy atom. The topological polar surface area (TPSA) is 15.6 Å². The summed E-state index contributed by atoms with van der Waals surface area (Å²) < 4.78 is 0. The lowest BCUT2D eigenvalue weighted by Crippen LogP contribution is -2.13. The van der Waals surface area contributed by atoms with Crippen LogP contribution in [0.2, 0.25) is 5.02 Å². The van der Waals surface area contributed by atoms with Gasteiger partial charge in [0.2, 0.25) is 0 Å². The lowest BCUT2D eigenvalue weighted by molar-refractivity contribution is 0.310. The molecule has 0 saturated heterocycles. The van der Waals surface area contributed by atoms with Crippen LogP contribution in [-0.2, 0) is 6.54 Å². The van der Waals surface area contributed by atoms with Gasteiger partial charge in [-0.25, -0.2) is 0 Å². The van der Waals surface area contributed by atoms with Crippen molar-refractivity contribution >= 4 is 17.3 Å². The van der Waals surface area contributed by atoms with E-state index in [1.807, 2.05) is 18.2 Å². The maximum Gasteiger partial charge on any atom is 0.0696 e. The zero-order chi connectivity index (χ0) is 13.1. The van der Waals surface area contributed by atoms with Gasteiger partial charge in [0.05, 0.1) is 12.3 Å². The molecule has 0 spiro atoms. The van der Waals surface area contributed by atoms with Crippen molar-refractivity contribution < 1.29 is 0 Å². The molecule has 96 valence electrons. The van der Waals surface area contributed by atoms with Gasteiger partial charge in [-0.2, -0.15) is 5.10 Å². The summed E-state index contributed by atoms with van der Waals surface area (Å²) in [6.45, 7) is 1.82. The summed E-state index contributed by atoms with van der Waals surface area (Å²) in [7, 11) is 0. The summed E-state index contributed by atoms with van der Waals surface area (Å²) in [6.07, 6.45) is 1.01. The van der Waals surface area contributed by atoms with Crippen molar-refractivity contribution in [3.63, 3.8) is 0 Å². The zero-order valence-corrected chi connectivity index (χ0v) is 11.3. The second-order valence-electron chi connectivity index (χ2n) is 4.68. The van der Waals surface area contributed by atoms with Crippen molar-refractivity contribution in [2.24, 2.45) is 5.10 Å². The predicted octanol–water partition coefficient (Wildman–Crippen LogP) is 3.95. The Labute approximate surface area is 118 Å². The predicted molar refractivity (Wildman–Crippen MR) is 79.5 cm³/mol. The number of benzene rings is 2. The van der Waals surface area contributed by atoms with Crippen LogP contribution in [0, 0.1) is 0 Å². The lowest BCUT2D eigenvalue weighted by Gasteiger charge is -2.13. The summed E-state index contributed by atoms with van der Waals surface area (Å²) in [5.41, 5.74) is 3.64. The summed E-state index contributed by atoms with van der Waals surface area (Å²) >= 11 is 5.89. The van der Waals surface area contributed by atoms with Crippen LogP contribution < -0.4 is 0 Å². The largest absolute Gasteiger partial charge is 0.292 e. The van der Waals surface area contributed by atoms with E-state index in [9.17, 15) is 0 Å². The Morgan fingerprint density at radius 1 is 1.00 bits per heavy atom. The SMILES string of the molecule is Clc1ccc(CN2CCC(c3ccccc3)=N2)cc1. The van der Waals surface area contributed by atoms with Crippen LogP contribution in [0.5, 0.6) is 0 Å². The standard InChI is InChI=1S/C16H15ClN2/c17-15-8-6-13(7-9-15)12-19-11-10-16(18-19)14-4-2-1-3-5-14/h1-9H,10-12H2. The molecule has 3 heteroatoms. The van der Waals surface area contributed by atoms with Gasteiger partial charge >= 0.3 is 0 Å². The molecule has 0 unspecified atom stereocenters. The first-order chi connectivity index (χ1) is 9.31. The molecular formula is C16H15ClN2. The fourth-order valence-corrected chi connectivity index (χ4v) is 2.38. The quantitative estimate of drug-likeness (QED) is 0.825. The van der Waals surface area contributed by atoms with Crippen LogP contribution >= 0.6 is 11.6 Å². The Morgan fingerprint density at radius 2 is 1.74 bits per heavy atom. The van der Waals surface area contributed by atoms with Crippen LogP contribution in [0.15, 0.2) is 59.7 Å². The molecule has 2 aromatic carbocycles. The third-order valence-corrected chi connectivity index (χ3v) is 3.51. The van der Waals surface area contributed by atoms with Crippen LogP contribution in [0.3, 0.4) is 0 Å². The van der Waals surface area contributed by atoms with Crippen LogP contribution in [0.25, 0.3) is 0 Å². The molecule has 0 aliphatic carbocycles. The molecule has 2 nitrogen and oxygen atoms in total. The lowest BCUT2D eigenvalue weighted by atomic mass is 10.1. The van der Waals surface area contributed by atoms with Crippen molar-refractivity contribution in [1.82, 2.24) is 5.01 Å². The fourth-order valence-electron chi connectivity index (χ4n) is 2.25. The Balaban J connectivity index is 1.71. The van der Waals surface area contributed by atoms with Crippen molar-refractivity contribution in [3.8, 4) is 0 Å². The molecule has 2 aromatic rings. The molecule has 0 aromatic heterocycles. The highest BCUT2D eigenvalue weighted by atomic mass is 35.5. The second-order valence-corrected chi connectivity index (χ2v) is 5.11. The van der Waals surface area contributed by atoms with Gasteiger partial charge in [-0.15, -0.1) is 0 Å². The van der Waals surface area contributed by atoms with E-state index >= 15 is 0 Å². The van der Waals surface area contributed by atoms with Crippen LogP contribution in [0.1, 0.15) is 17.5 Å². The van der Waals surface area contributed by atoms with Crippen LogP contribution in [-0.4, -0.2) is 17.3 Å². The van der Waals surface area contributed by atoms with Crippen molar-refractivity contribution in [2.75, 3.05) is 6.54 Å². The third-order valence-electron chi connectivity index (χ3n) is 3.25. The minimum atomic E-state index is 0.777. The van der Waals surface area contributed by atoms with Gasteiger partial charge < -0.3 is 0 Å².